The van der Waals surface area contributed by atoms with Crippen molar-refractivity contribution in [3.8, 4) is 17.2 Å². The molecule has 1 aliphatic heterocycles. The Labute approximate surface area is 246 Å². The van der Waals surface area contributed by atoms with E-state index in [1.165, 1.54) is 25.2 Å². The summed E-state index contributed by atoms with van der Waals surface area (Å²) in [7, 11) is 1.54. The third-order valence-corrected chi connectivity index (χ3v) is 8.24. The number of carboxylic acids is 2. The van der Waals surface area contributed by atoms with E-state index in [1.807, 2.05) is 12.1 Å². The lowest BCUT2D eigenvalue weighted by Gasteiger charge is -2.16. The predicted octanol–water partition coefficient (Wildman–Crippen LogP) is 4.59. The number of rotatable bonds is 14. The van der Waals surface area contributed by atoms with E-state index in [-0.39, 0.29) is 24.5 Å². The Morgan fingerprint density at radius 1 is 0.881 bits per heavy atom. The van der Waals surface area contributed by atoms with Crippen LogP contribution in [0.15, 0.2) is 30.3 Å². The van der Waals surface area contributed by atoms with Gasteiger partial charge in [-0.3, -0.25) is 19.2 Å². The van der Waals surface area contributed by atoms with Crippen LogP contribution in [0.5, 0.6) is 17.2 Å². The first-order valence-corrected chi connectivity index (χ1v) is 14.3. The van der Waals surface area contributed by atoms with Gasteiger partial charge in [0.2, 0.25) is 5.91 Å². The Hall–Kier alpha value is -4.32. The highest BCUT2D eigenvalue weighted by Gasteiger charge is 2.28. The van der Waals surface area contributed by atoms with E-state index in [0.717, 1.165) is 21.2 Å². The number of benzene rings is 2. The summed E-state index contributed by atoms with van der Waals surface area (Å²) in [4.78, 5) is 49.4. The number of anilines is 1. The van der Waals surface area contributed by atoms with Gasteiger partial charge in [-0.05, 0) is 46.8 Å². The van der Waals surface area contributed by atoms with Crippen molar-refractivity contribution in [3.63, 3.8) is 0 Å². The second-order valence-electron chi connectivity index (χ2n) is 10.4. The molecular weight excluding hydrogens is 564 g/mol. The molecule has 3 aromatic rings. The monoisotopic (exact) mass is 598 g/mol. The van der Waals surface area contributed by atoms with Crippen molar-refractivity contribution in [3.05, 3.63) is 46.3 Å². The van der Waals surface area contributed by atoms with Gasteiger partial charge in [0.25, 0.3) is 0 Å². The van der Waals surface area contributed by atoms with E-state index >= 15 is 0 Å². The first-order valence-electron chi connectivity index (χ1n) is 13.5. The maximum atomic E-state index is 12.6. The Balaban J connectivity index is 1.31. The standard InChI is InChI=1S/C30H34N2O9S/c1-16(29(35)36)7-22(33)27-12-18-9-23(21(31)13-26(18)42-27)40-5-4-6-41-25-11-20-15-32(14-19(20)10-24(25)39-3)28(34)8-17(2)30(37)38/h9-13,16-17H,4-8,14-15,31H2,1-3H3,(H,35,36)(H,37,38)/t16-,17-/m0/s1. The summed E-state index contributed by atoms with van der Waals surface area (Å²) in [6.07, 6.45) is 0.410. The van der Waals surface area contributed by atoms with Crippen molar-refractivity contribution in [2.24, 2.45) is 11.8 Å². The molecule has 1 aliphatic rings. The molecule has 2 aromatic carbocycles. The average Bonchev–Trinajstić information content (AvgIpc) is 3.55. The quantitative estimate of drug-likeness (QED) is 0.136. The number of Topliss-reactive ketones (excluding diaryl/α,β-unsaturated/α-hetero) is 1. The second-order valence-corrected chi connectivity index (χ2v) is 11.5. The average molecular weight is 599 g/mol. The van der Waals surface area contributed by atoms with Crippen molar-refractivity contribution < 1.29 is 43.6 Å². The lowest BCUT2D eigenvalue weighted by molar-refractivity contribution is -0.145. The first-order chi connectivity index (χ1) is 20.0. The number of nitrogens with zero attached hydrogens (tertiary/aromatic N) is 1. The zero-order valence-corrected chi connectivity index (χ0v) is 24.5. The number of carbonyl (C=O) groups is 4. The predicted molar refractivity (Wildman–Crippen MR) is 156 cm³/mol. The molecule has 0 saturated heterocycles. The van der Waals surface area contributed by atoms with Crippen LogP contribution < -0.4 is 19.9 Å². The lowest BCUT2D eigenvalue weighted by Crippen LogP contribution is -2.28. The molecule has 0 radical (unpaired) electrons. The fourth-order valence-corrected chi connectivity index (χ4v) is 5.61. The number of hydrogen-bond donors (Lipinski definition) is 3. The molecule has 12 heteroatoms. The van der Waals surface area contributed by atoms with E-state index in [9.17, 15) is 19.2 Å². The Morgan fingerprint density at radius 2 is 1.48 bits per heavy atom. The maximum Gasteiger partial charge on any atom is 0.306 e. The molecule has 42 heavy (non-hydrogen) atoms. The van der Waals surface area contributed by atoms with Crippen LogP contribution in [-0.4, -0.2) is 59.1 Å². The fraction of sp³-hybridized carbons (Fsp3) is 0.400. The van der Waals surface area contributed by atoms with Crippen LogP contribution in [0.3, 0.4) is 0 Å². The van der Waals surface area contributed by atoms with Crippen molar-refractivity contribution in [2.75, 3.05) is 26.1 Å². The van der Waals surface area contributed by atoms with Crippen LogP contribution in [0.25, 0.3) is 10.1 Å². The van der Waals surface area contributed by atoms with E-state index in [1.54, 1.807) is 30.2 Å². The highest BCUT2D eigenvalue weighted by atomic mass is 32.1. The lowest BCUT2D eigenvalue weighted by atomic mass is 10.0. The number of amides is 1. The highest BCUT2D eigenvalue weighted by Crippen LogP contribution is 2.36. The molecule has 2 atom stereocenters. The molecule has 0 spiro atoms. The van der Waals surface area contributed by atoms with Gasteiger partial charge >= 0.3 is 11.9 Å². The zero-order chi connectivity index (χ0) is 30.6. The summed E-state index contributed by atoms with van der Waals surface area (Å²) in [6.45, 7) is 4.43. The van der Waals surface area contributed by atoms with Gasteiger partial charge < -0.3 is 35.1 Å². The van der Waals surface area contributed by atoms with Crippen molar-refractivity contribution in [2.45, 2.75) is 46.2 Å². The number of methoxy groups -OCH3 is 1. The third kappa shape index (κ3) is 7.11. The number of aliphatic carboxylic acids is 2. The molecular formula is C30H34N2O9S. The number of fused-ring (bicyclic) bond motifs is 2. The number of thiophene rings is 1. The van der Waals surface area contributed by atoms with Gasteiger partial charge in [-0.15, -0.1) is 11.3 Å². The van der Waals surface area contributed by atoms with Gasteiger partial charge in [-0.25, -0.2) is 0 Å². The molecule has 224 valence electrons. The fourth-order valence-electron chi connectivity index (χ4n) is 4.57. The number of ketones is 1. The summed E-state index contributed by atoms with van der Waals surface area (Å²) in [6, 6.07) is 8.94. The number of nitrogen functional groups attached to an aromatic ring is 1. The van der Waals surface area contributed by atoms with Crippen LogP contribution in [0, 0.1) is 11.8 Å². The molecule has 0 bridgehead atoms. The summed E-state index contributed by atoms with van der Waals surface area (Å²) in [5, 5.41) is 19.0. The Kier molecular flexibility index (Phi) is 9.56. The normalized spacial score (nSPS) is 13.8. The SMILES string of the molecule is COc1cc2c(cc1OCCCOc1cc3cc(C(=O)C[C@H](C)C(=O)O)sc3cc1N)CN(C(=O)C[C@H](C)C(=O)O)C2. The minimum absolute atomic E-state index is 0.0565. The molecule has 4 rings (SSSR count). The largest absolute Gasteiger partial charge is 0.493 e. The molecule has 11 nitrogen and oxygen atoms in total. The van der Waals surface area contributed by atoms with Crippen LogP contribution in [-0.2, 0) is 27.5 Å². The van der Waals surface area contributed by atoms with Crippen molar-refractivity contribution >= 4 is 50.7 Å². The van der Waals surface area contributed by atoms with E-state index in [0.29, 0.717) is 60.5 Å². The molecule has 0 aliphatic carbocycles. The maximum absolute atomic E-state index is 12.6. The summed E-state index contributed by atoms with van der Waals surface area (Å²) >= 11 is 1.27. The second kappa shape index (κ2) is 13.1. The molecule has 1 amide bonds. The number of carboxylic acid groups (broad SMARTS) is 2. The van der Waals surface area contributed by atoms with Crippen LogP contribution in [0.4, 0.5) is 5.69 Å². The first kappa shape index (κ1) is 30.6. The van der Waals surface area contributed by atoms with Gasteiger partial charge in [0.15, 0.2) is 17.3 Å². The number of ether oxygens (including phenoxy) is 3. The number of carbonyl (C=O) groups excluding carboxylic acids is 2. The van der Waals surface area contributed by atoms with Gasteiger partial charge in [-0.1, -0.05) is 13.8 Å². The Bertz CT molecular complexity index is 1520. The van der Waals surface area contributed by atoms with Crippen molar-refractivity contribution in [1.82, 2.24) is 4.90 Å². The van der Waals surface area contributed by atoms with Crippen LogP contribution in [0.2, 0.25) is 0 Å². The third-order valence-electron chi connectivity index (χ3n) is 7.10. The minimum atomic E-state index is -1.01. The molecule has 0 fully saturated rings. The van der Waals surface area contributed by atoms with E-state index in [4.69, 9.17) is 30.2 Å². The molecule has 1 aromatic heterocycles. The summed E-state index contributed by atoms with van der Waals surface area (Å²) in [5.74, 6) is -2.39. The number of nitrogens with two attached hydrogens (primary N) is 1. The van der Waals surface area contributed by atoms with Gasteiger partial charge in [0.1, 0.15) is 5.75 Å². The summed E-state index contributed by atoms with van der Waals surface area (Å²) in [5.41, 5.74) is 8.46. The topological polar surface area (TPSA) is 166 Å². The molecule has 4 N–H and O–H groups in total. The minimum Gasteiger partial charge on any atom is -0.493 e. The van der Waals surface area contributed by atoms with E-state index in [2.05, 4.69) is 0 Å². The highest BCUT2D eigenvalue weighted by molar-refractivity contribution is 7.20. The molecule has 0 unspecified atom stereocenters. The molecule has 2 heterocycles. The smallest absolute Gasteiger partial charge is 0.306 e. The Morgan fingerprint density at radius 3 is 2.10 bits per heavy atom. The summed E-state index contributed by atoms with van der Waals surface area (Å²) < 4.78 is 18.2. The van der Waals surface area contributed by atoms with E-state index < -0.39 is 23.8 Å². The molecule has 0 saturated carbocycles. The van der Waals surface area contributed by atoms with Gasteiger partial charge in [-0.2, -0.15) is 0 Å². The number of hydrogen-bond acceptors (Lipinski definition) is 9. The van der Waals surface area contributed by atoms with Crippen LogP contribution >= 0.6 is 11.3 Å². The van der Waals surface area contributed by atoms with Gasteiger partial charge in [0.05, 0.1) is 42.7 Å². The zero-order valence-electron chi connectivity index (χ0n) is 23.7. The van der Waals surface area contributed by atoms with Crippen molar-refractivity contribution in [1.29, 1.82) is 0 Å². The van der Waals surface area contributed by atoms with Crippen LogP contribution in [0.1, 0.15) is 53.9 Å². The van der Waals surface area contributed by atoms with Gasteiger partial charge in [0, 0.05) is 37.1 Å².